The van der Waals surface area contributed by atoms with Gasteiger partial charge in [0, 0.05) is 16.9 Å². The van der Waals surface area contributed by atoms with E-state index in [4.69, 9.17) is 16.7 Å². The quantitative estimate of drug-likeness (QED) is 0.445. The van der Waals surface area contributed by atoms with E-state index in [1.54, 1.807) is 20.8 Å². The molecule has 0 fully saturated rings. The van der Waals surface area contributed by atoms with Gasteiger partial charge in [-0.25, -0.2) is 0 Å². The summed E-state index contributed by atoms with van der Waals surface area (Å²) in [5, 5.41) is 19.6. The molecule has 24 heavy (non-hydrogen) atoms. The van der Waals surface area contributed by atoms with E-state index >= 15 is 0 Å². The number of hydrogen-bond acceptors (Lipinski definition) is 5. The van der Waals surface area contributed by atoms with Gasteiger partial charge in [0.15, 0.2) is 0 Å². The minimum Gasteiger partial charge on any atom is -0.598 e. The highest BCUT2D eigenvalue weighted by molar-refractivity contribution is 7.90. The van der Waals surface area contributed by atoms with Gasteiger partial charge in [-0.05, 0) is 33.8 Å². The van der Waals surface area contributed by atoms with Gasteiger partial charge in [0.1, 0.15) is 9.77 Å². The van der Waals surface area contributed by atoms with Crippen LogP contribution in [0.4, 0.5) is 10.1 Å². The molecule has 134 valence electrons. The van der Waals surface area contributed by atoms with Gasteiger partial charge in [0.25, 0.3) is 0 Å². The van der Waals surface area contributed by atoms with Crippen molar-refractivity contribution in [2.45, 2.75) is 44.4 Å². The Labute approximate surface area is 146 Å². The number of carboxylic acid groups (broad SMARTS) is 1. The normalized spacial score (nSPS) is 15.6. The van der Waals surface area contributed by atoms with Crippen molar-refractivity contribution >= 4 is 34.6 Å². The van der Waals surface area contributed by atoms with Crippen LogP contribution in [0.25, 0.3) is 0 Å². The Bertz CT molecular complexity index is 667. The molecule has 1 aromatic carbocycles. The molecule has 0 amide bonds. The van der Waals surface area contributed by atoms with Crippen molar-refractivity contribution < 1.29 is 23.8 Å². The van der Waals surface area contributed by atoms with E-state index in [0.717, 1.165) is 12.1 Å². The first-order valence-electron chi connectivity index (χ1n) is 6.84. The maximum atomic E-state index is 13.7. The van der Waals surface area contributed by atoms with E-state index in [0.29, 0.717) is 0 Å². The summed E-state index contributed by atoms with van der Waals surface area (Å²) in [5.74, 6) is -2.37. The average molecular weight is 381 g/mol. The summed E-state index contributed by atoms with van der Waals surface area (Å²) in [4.78, 5) is 21.3. The third kappa shape index (κ3) is 4.56. The van der Waals surface area contributed by atoms with Gasteiger partial charge in [-0.1, -0.05) is 17.7 Å². The largest absolute Gasteiger partial charge is 0.598 e. The van der Waals surface area contributed by atoms with Crippen LogP contribution in [0.5, 0.6) is 0 Å². The Morgan fingerprint density at radius 2 is 1.96 bits per heavy atom. The summed E-state index contributed by atoms with van der Waals surface area (Å²) < 4.78 is 28.0. The molecule has 0 spiro atoms. The number of benzene rings is 1. The number of hydrogen-bond donors (Lipinski definition) is 2. The summed E-state index contributed by atoms with van der Waals surface area (Å²) in [6, 6.07) is 1.99. The minimum atomic E-state index is -1.69. The summed E-state index contributed by atoms with van der Waals surface area (Å²) in [7, 11) is 0. The zero-order valence-electron chi connectivity index (χ0n) is 13.6. The monoisotopic (exact) mass is 380 g/mol. The molecule has 2 unspecified atom stereocenters. The molecule has 0 aliphatic rings. The van der Waals surface area contributed by atoms with Crippen molar-refractivity contribution in [3.63, 3.8) is 0 Å². The molecular weight excluding hydrogens is 363 g/mol. The second-order valence-corrected chi connectivity index (χ2v) is 8.74. The Morgan fingerprint density at radius 1 is 1.42 bits per heavy atom. The zero-order valence-corrected chi connectivity index (χ0v) is 15.1. The predicted molar refractivity (Wildman–Crippen MR) is 88.7 cm³/mol. The molecule has 2 atom stereocenters. The molecule has 1 aromatic rings. The standard InChI is InChI=1S/C14H18ClFN2O5S/c1-13(2,3)24(23)17-14(4,7-10(19)20)8-5-6-9(16)12(11(8)15)18(21)22/h5-6,17H,7H2,1-4H3,(H,19,20). The van der Waals surface area contributed by atoms with E-state index in [9.17, 15) is 23.9 Å². The topological polar surface area (TPSA) is 116 Å². The van der Waals surface area contributed by atoms with Gasteiger partial charge in [-0.15, -0.1) is 4.72 Å². The van der Waals surface area contributed by atoms with E-state index < -0.39 is 55.5 Å². The molecule has 7 nitrogen and oxygen atoms in total. The number of nitro groups is 1. The Hall–Kier alpha value is -1.42. The number of nitrogens with zero attached hydrogens (tertiary/aromatic N) is 1. The molecule has 10 heteroatoms. The van der Waals surface area contributed by atoms with Crippen molar-refractivity contribution in [3.05, 3.63) is 38.7 Å². The lowest BCUT2D eigenvalue weighted by atomic mass is 9.89. The molecule has 0 radical (unpaired) electrons. The van der Waals surface area contributed by atoms with Crippen molar-refractivity contribution in [2.24, 2.45) is 0 Å². The number of rotatable bonds is 6. The van der Waals surface area contributed by atoms with E-state index in [1.165, 1.54) is 6.92 Å². The zero-order chi connectivity index (χ0) is 18.9. The number of carboxylic acids is 1. The van der Waals surface area contributed by atoms with Crippen molar-refractivity contribution in [1.29, 1.82) is 0 Å². The van der Waals surface area contributed by atoms with E-state index in [2.05, 4.69) is 4.72 Å². The van der Waals surface area contributed by atoms with Crippen LogP contribution in [0, 0.1) is 15.9 Å². The maximum absolute atomic E-state index is 13.7. The van der Waals surface area contributed by atoms with Gasteiger partial charge in [0.05, 0.1) is 16.9 Å². The molecular formula is C14H18ClFN2O5S. The Kier molecular flexibility index (Phi) is 6.20. The molecule has 0 aliphatic heterocycles. The SMILES string of the molecule is CC(CC(=O)O)(N[S+]([O-])C(C)(C)C)c1ccc(F)c([N+](=O)[O-])c1Cl. The summed E-state index contributed by atoms with van der Waals surface area (Å²) in [6.45, 7) is 6.41. The maximum Gasteiger partial charge on any atom is 0.323 e. The molecule has 2 N–H and O–H groups in total. The average Bonchev–Trinajstić information content (AvgIpc) is 2.35. The first-order chi connectivity index (χ1) is 10.8. The van der Waals surface area contributed by atoms with Gasteiger partial charge in [-0.2, -0.15) is 4.39 Å². The van der Waals surface area contributed by atoms with E-state index in [-0.39, 0.29) is 5.56 Å². The number of carbonyl (C=O) groups is 1. The molecule has 0 aromatic heterocycles. The molecule has 0 saturated heterocycles. The third-order valence-electron chi connectivity index (χ3n) is 3.22. The van der Waals surface area contributed by atoms with Gasteiger partial charge in [-0.3, -0.25) is 14.9 Å². The Morgan fingerprint density at radius 3 is 2.38 bits per heavy atom. The summed E-state index contributed by atoms with van der Waals surface area (Å²) >= 11 is 4.27. The molecule has 0 heterocycles. The van der Waals surface area contributed by atoms with Crippen LogP contribution in [0.2, 0.25) is 5.02 Å². The smallest absolute Gasteiger partial charge is 0.323 e. The molecule has 0 aliphatic carbocycles. The number of aliphatic carboxylic acids is 1. The fourth-order valence-electron chi connectivity index (χ4n) is 1.98. The lowest BCUT2D eigenvalue weighted by Gasteiger charge is -2.34. The second kappa shape index (κ2) is 7.22. The van der Waals surface area contributed by atoms with E-state index in [1.807, 2.05) is 0 Å². The van der Waals surface area contributed by atoms with Crippen molar-refractivity contribution in [2.75, 3.05) is 0 Å². The van der Waals surface area contributed by atoms with Crippen molar-refractivity contribution in [3.8, 4) is 0 Å². The highest BCUT2D eigenvalue weighted by Crippen LogP contribution is 2.39. The first kappa shape index (κ1) is 20.6. The van der Waals surface area contributed by atoms with Crippen LogP contribution in [0.3, 0.4) is 0 Å². The van der Waals surface area contributed by atoms with Crippen LogP contribution in [0.1, 0.15) is 39.7 Å². The van der Waals surface area contributed by atoms with Crippen LogP contribution in [-0.4, -0.2) is 25.3 Å². The third-order valence-corrected chi connectivity index (χ3v) is 5.35. The Balaban J connectivity index is 3.49. The molecule has 0 bridgehead atoms. The number of nitrogens with one attached hydrogen (secondary N) is 1. The number of halogens is 2. The molecule has 0 saturated carbocycles. The van der Waals surface area contributed by atoms with Crippen LogP contribution in [0.15, 0.2) is 12.1 Å². The van der Waals surface area contributed by atoms with Crippen LogP contribution < -0.4 is 4.72 Å². The van der Waals surface area contributed by atoms with Gasteiger partial charge in [0.2, 0.25) is 5.82 Å². The molecule has 1 rings (SSSR count). The highest BCUT2D eigenvalue weighted by Gasteiger charge is 2.42. The van der Waals surface area contributed by atoms with Gasteiger partial charge >= 0.3 is 11.7 Å². The van der Waals surface area contributed by atoms with Crippen LogP contribution >= 0.6 is 11.6 Å². The fourth-order valence-corrected chi connectivity index (χ4v) is 3.31. The second-order valence-electron chi connectivity index (χ2n) is 6.40. The highest BCUT2D eigenvalue weighted by atomic mass is 35.5. The first-order valence-corrected chi connectivity index (χ1v) is 8.36. The minimum absolute atomic E-state index is 0.0164. The lowest BCUT2D eigenvalue weighted by molar-refractivity contribution is -0.387. The number of nitro benzene ring substituents is 1. The fraction of sp³-hybridized carbons (Fsp3) is 0.500. The predicted octanol–water partition coefficient (Wildman–Crippen LogP) is 3.13. The van der Waals surface area contributed by atoms with Crippen LogP contribution in [-0.2, 0) is 21.7 Å². The van der Waals surface area contributed by atoms with Crippen molar-refractivity contribution in [1.82, 2.24) is 4.72 Å². The lowest BCUT2D eigenvalue weighted by Crippen LogP contribution is -2.51. The summed E-state index contributed by atoms with van der Waals surface area (Å²) in [6.07, 6.45) is -0.558. The summed E-state index contributed by atoms with van der Waals surface area (Å²) in [5.41, 5.74) is -2.47. The van der Waals surface area contributed by atoms with Gasteiger partial charge < -0.3 is 9.66 Å².